The van der Waals surface area contributed by atoms with E-state index in [2.05, 4.69) is 157 Å². The van der Waals surface area contributed by atoms with Crippen molar-refractivity contribution >= 4 is 5.57 Å². The van der Waals surface area contributed by atoms with Crippen LogP contribution in [0.15, 0.2) is 145 Å². The molecule has 5 aromatic rings. The second kappa shape index (κ2) is 17.2. The number of ether oxygens (including phenoxy) is 1. The van der Waals surface area contributed by atoms with Crippen molar-refractivity contribution in [2.45, 2.75) is 60.0 Å². The molecule has 0 aromatic heterocycles. The van der Waals surface area contributed by atoms with E-state index in [1.54, 1.807) is 7.11 Å². The Morgan fingerprint density at radius 1 is 0.667 bits per heavy atom. The first kappa shape index (κ1) is 37.1. The van der Waals surface area contributed by atoms with Gasteiger partial charge in [-0.25, -0.2) is 0 Å². The fourth-order valence-corrected chi connectivity index (χ4v) is 7.30. The Labute approximate surface area is 306 Å². The fraction of sp³-hybridized carbons (Fsp3) is 0.250. The lowest BCUT2D eigenvalue weighted by atomic mass is 9.95. The molecule has 1 atom stereocenters. The molecule has 262 valence electrons. The topological polar surface area (TPSA) is 29.5 Å². The summed E-state index contributed by atoms with van der Waals surface area (Å²) in [4.78, 5) is 0. The Morgan fingerprint density at radius 2 is 1.16 bits per heavy atom. The van der Waals surface area contributed by atoms with E-state index in [-0.39, 0.29) is 0 Å². The van der Waals surface area contributed by atoms with Crippen LogP contribution in [0.25, 0.3) is 27.8 Å². The molecule has 0 aliphatic heterocycles. The molecule has 0 radical (unpaired) electrons. The Balaban J connectivity index is 1.61. The van der Waals surface area contributed by atoms with E-state index in [0.717, 1.165) is 71.5 Å². The molecular formula is C48H54NO2+. The number of nitrogens with zero attached hydrogens (tertiary/aromatic N) is 1. The highest BCUT2D eigenvalue weighted by molar-refractivity contribution is 5.73. The number of allylic oxidation sites excluding steroid dienone is 4. The molecular weight excluding hydrogens is 623 g/mol. The third-order valence-electron chi connectivity index (χ3n) is 9.77. The number of phenolic OH excluding ortho intramolecular Hbond substituents is 1. The fourth-order valence-electron chi connectivity index (χ4n) is 7.30. The number of benzene rings is 5. The zero-order valence-corrected chi connectivity index (χ0v) is 31.4. The van der Waals surface area contributed by atoms with Crippen LogP contribution in [0.4, 0.5) is 0 Å². The molecule has 3 nitrogen and oxygen atoms in total. The van der Waals surface area contributed by atoms with Gasteiger partial charge >= 0.3 is 0 Å². The number of hydrogen-bond acceptors (Lipinski definition) is 2. The monoisotopic (exact) mass is 676 g/mol. The minimum absolute atomic E-state index is 0.399. The Morgan fingerprint density at radius 3 is 1.69 bits per heavy atom. The van der Waals surface area contributed by atoms with Crippen LogP contribution >= 0.6 is 0 Å². The van der Waals surface area contributed by atoms with Gasteiger partial charge in [0.1, 0.15) is 31.1 Å². The third kappa shape index (κ3) is 9.36. The quantitative estimate of drug-likeness (QED) is 0.0883. The molecule has 0 amide bonds. The van der Waals surface area contributed by atoms with Gasteiger partial charge in [0, 0.05) is 11.1 Å². The van der Waals surface area contributed by atoms with Gasteiger partial charge in [-0.1, -0.05) is 130 Å². The minimum atomic E-state index is 0.399. The Hall–Kier alpha value is -5.12. The van der Waals surface area contributed by atoms with Gasteiger partial charge in [-0.15, -0.1) is 0 Å². The van der Waals surface area contributed by atoms with Crippen LogP contribution in [0.3, 0.4) is 0 Å². The average Bonchev–Trinajstić information content (AvgIpc) is 3.15. The van der Waals surface area contributed by atoms with Crippen molar-refractivity contribution < 1.29 is 14.3 Å². The highest BCUT2D eigenvalue weighted by atomic mass is 16.5. The van der Waals surface area contributed by atoms with E-state index >= 15 is 0 Å². The van der Waals surface area contributed by atoms with Gasteiger partial charge in [-0.3, -0.25) is 0 Å². The summed E-state index contributed by atoms with van der Waals surface area (Å²) in [6.07, 6.45) is 7.07. The first-order chi connectivity index (χ1) is 24.7. The smallest absolute Gasteiger partial charge is 0.130 e. The van der Waals surface area contributed by atoms with Crippen LogP contribution in [-0.4, -0.2) is 30.3 Å². The van der Waals surface area contributed by atoms with Crippen LogP contribution < -0.4 is 4.74 Å². The van der Waals surface area contributed by atoms with Gasteiger partial charge in [-0.2, -0.15) is 0 Å². The summed E-state index contributed by atoms with van der Waals surface area (Å²) >= 11 is 0. The molecule has 0 aliphatic rings. The van der Waals surface area contributed by atoms with Crippen LogP contribution in [0, 0.1) is 0 Å². The molecule has 0 bridgehead atoms. The molecule has 5 rings (SSSR count). The predicted molar refractivity (Wildman–Crippen MR) is 217 cm³/mol. The predicted octanol–water partition coefficient (Wildman–Crippen LogP) is 12.0. The average molecular weight is 677 g/mol. The lowest BCUT2D eigenvalue weighted by molar-refractivity contribution is -0.931. The van der Waals surface area contributed by atoms with E-state index in [9.17, 15) is 5.11 Å². The summed E-state index contributed by atoms with van der Waals surface area (Å²) in [5.74, 6) is 1.35. The molecule has 51 heavy (non-hydrogen) atoms. The second-order valence-corrected chi connectivity index (χ2v) is 14.0. The number of likely N-dealkylation sites (N-methyl/N-ethyl adjacent to an activating group) is 1. The molecule has 1 unspecified atom stereocenters. The van der Waals surface area contributed by atoms with E-state index in [1.165, 1.54) is 33.4 Å². The number of phenols is 1. The molecule has 0 fully saturated rings. The zero-order chi connectivity index (χ0) is 36.4. The van der Waals surface area contributed by atoms with Crippen LogP contribution in [0.2, 0.25) is 0 Å². The molecule has 5 aromatic carbocycles. The van der Waals surface area contributed by atoms with Gasteiger partial charge in [0.2, 0.25) is 0 Å². The minimum Gasteiger partial charge on any atom is -0.507 e. The van der Waals surface area contributed by atoms with E-state index in [4.69, 9.17) is 4.74 Å². The molecule has 1 N–H and O–H groups in total. The zero-order valence-electron chi connectivity index (χ0n) is 31.4. The first-order valence-electron chi connectivity index (χ1n) is 18.3. The maximum absolute atomic E-state index is 11.7. The standard InChI is InChI=1S/C48H53NO2/c1-8-37(27-36(5)40-20-14-11-15-21-40)26-35(4)32-49(6,33-45-30-43(28-38(9-2)47(45)50)41-22-16-12-17-23-41)34-46-31-44(42-24-18-13-19-25-42)29-39(10-3)48(46)51-7/h11-31H,5,8-10,32-34H2,1-4,6-7H3/p+1/b35-26+,37-27-. The number of methoxy groups -OCH3 is 1. The van der Waals surface area contributed by atoms with E-state index in [1.807, 2.05) is 12.1 Å². The number of hydrogen-bond donors (Lipinski definition) is 1. The number of aryl methyl sites for hydroxylation is 2. The second-order valence-electron chi connectivity index (χ2n) is 14.0. The SMILES string of the molecule is C=C(/C=C(\C=C(/C)C[N+](C)(Cc1cc(-c2ccccc2)cc(CC)c1O)Cc1cc(-c2ccccc2)cc(CC)c1OC)CC)c1ccccc1. The summed E-state index contributed by atoms with van der Waals surface area (Å²) in [5, 5.41) is 11.7. The van der Waals surface area contributed by atoms with Gasteiger partial charge < -0.3 is 14.3 Å². The Kier molecular flexibility index (Phi) is 12.5. The molecule has 0 saturated carbocycles. The van der Waals surface area contributed by atoms with Crippen molar-refractivity contribution in [3.05, 3.63) is 173 Å². The number of quaternary nitrogens is 1. The van der Waals surface area contributed by atoms with Crippen molar-refractivity contribution in [1.82, 2.24) is 0 Å². The number of aromatic hydroxyl groups is 1. The molecule has 0 spiro atoms. The van der Waals surface area contributed by atoms with Gasteiger partial charge in [0.05, 0.1) is 14.2 Å². The van der Waals surface area contributed by atoms with Gasteiger partial charge in [0.25, 0.3) is 0 Å². The van der Waals surface area contributed by atoms with Crippen molar-refractivity contribution in [3.8, 4) is 33.8 Å². The molecule has 0 aliphatic carbocycles. The molecule has 3 heteroatoms. The van der Waals surface area contributed by atoms with E-state index < -0.39 is 0 Å². The largest absolute Gasteiger partial charge is 0.507 e. The van der Waals surface area contributed by atoms with Crippen LogP contribution in [0.5, 0.6) is 11.5 Å². The highest BCUT2D eigenvalue weighted by Crippen LogP contribution is 2.37. The maximum atomic E-state index is 11.7. The van der Waals surface area contributed by atoms with Crippen LogP contribution in [0.1, 0.15) is 61.9 Å². The van der Waals surface area contributed by atoms with Crippen molar-refractivity contribution in [2.24, 2.45) is 0 Å². The summed E-state index contributed by atoms with van der Waals surface area (Å²) in [7, 11) is 4.10. The normalized spacial score (nSPS) is 13.1. The van der Waals surface area contributed by atoms with Crippen LogP contribution in [-0.2, 0) is 25.9 Å². The van der Waals surface area contributed by atoms with Crippen molar-refractivity contribution in [2.75, 3.05) is 20.7 Å². The summed E-state index contributed by atoms with van der Waals surface area (Å²) in [6.45, 7) is 15.3. The maximum Gasteiger partial charge on any atom is 0.130 e. The first-order valence-corrected chi connectivity index (χ1v) is 18.3. The third-order valence-corrected chi connectivity index (χ3v) is 9.77. The molecule has 0 saturated heterocycles. The lowest BCUT2D eigenvalue weighted by Gasteiger charge is -2.36. The Bertz CT molecular complexity index is 1990. The van der Waals surface area contributed by atoms with Gasteiger partial charge in [0.15, 0.2) is 0 Å². The summed E-state index contributed by atoms with van der Waals surface area (Å²) < 4.78 is 6.82. The van der Waals surface area contributed by atoms with E-state index in [0.29, 0.717) is 16.8 Å². The summed E-state index contributed by atoms with van der Waals surface area (Å²) in [5.41, 5.74) is 13.6. The lowest BCUT2D eigenvalue weighted by Crippen LogP contribution is -2.44. The summed E-state index contributed by atoms with van der Waals surface area (Å²) in [6, 6.07) is 40.4. The van der Waals surface area contributed by atoms with Gasteiger partial charge in [-0.05, 0) is 106 Å². The number of rotatable bonds is 15. The highest BCUT2D eigenvalue weighted by Gasteiger charge is 2.29. The van der Waals surface area contributed by atoms with Crippen molar-refractivity contribution in [1.29, 1.82) is 0 Å². The van der Waals surface area contributed by atoms with Crippen molar-refractivity contribution in [3.63, 3.8) is 0 Å². The molecule has 0 heterocycles.